The van der Waals surface area contributed by atoms with Crippen LogP contribution in [0.4, 0.5) is 39.8 Å². The van der Waals surface area contributed by atoms with Gasteiger partial charge in [-0.1, -0.05) is 12.1 Å². The van der Waals surface area contributed by atoms with Crippen LogP contribution >= 0.6 is 0 Å². The van der Waals surface area contributed by atoms with Crippen molar-refractivity contribution in [2.24, 2.45) is 30.7 Å². The first kappa shape index (κ1) is 50.7. The first-order valence-electron chi connectivity index (χ1n) is 18.1. The third-order valence-corrected chi connectivity index (χ3v) is 15.0. The molecule has 0 heterocycles. The maximum atomic E-state index is 12.7. The molecule has 0 aliphatic carbocycles. The topological polar surface area (TPSA) is 487 Å². The second kappa shape index (κ2) is 17.3. The van der Waals surface area contributed by atoms with Crippen LogP contribution < -0.4 is 5.73 Å². The van der Waals surface area contributed by atoms with Crippen molar-refractivity contribution in [3.63, 3.8) is 0 Å². The summed E-state index contributed by atoms with van der Waals surface area (Å²) >= 11 is 0. The Morgan fingerprint density at radius 1 is 0.400 bits per heavy atom. The maximum absolute atomic E-state index is 12.7. The Labute approximate surface area is 391 Å². The zero-order chi connectivity index (χ0) is 51.8. The SMILES string of the molecule is Nc1c(N=Nc2ccc3c(O)cc(S(=O)(=O)O)cc3c2S(=O)(=O)O)c(S(=O)(=O)O)cc2cc(S(=O)(=O)O)c(N=Nc3ccc4c(O)c(N=Nc5ccccc5S(=O)(=O)O)c(S(=O)(=O)O)cc4c3)c(O)c12. The molecule has 0 aromatic heterocycles. The third kappa shape index (κ3) is 9.81. The van der Waals surface area contributed by atoms with E-state index in [1.54, 1.807) is 0 Å². The molecule has 366 valence electrons. The molecular weight excluding hydrogens is 1060 g/mol. The molecule has 7 aromatic carbocycles. The molecule has 0 bridgehead atoms. The van der Waals surface area contributed by atoms with Crippen molar-refractivity contribution < 1.29 is 93.1 Å². The Hall–Kier alpha value is -7.22. The zero-order valence-corrected chi connectivity index (χ0v) is 38.6. The van der Waals surface area contributed by atoms with E-state index in [-0.39, 0.29) is 16.5 Å². The average Bonchev–Trinajstić information content (AvgIpc) is 3.22. The molecule has 7 rings (SSSR count). The number of rotatable bonds is 12. The van der Waals surface area contributed by atoms with E-state index in [2.05, 4.69) is 30.7 Å². The van der Waals surface area contributed by atoms with Gasteiger partial charge in [-0.3, -0.25) is 27.3 Å². The highest BCUT2D eigenvalue weighted by atomic mass is 32.2. The Kier molecular flexibility index (Phi) is 12.5. The van der Waals surface area contributed by atoms with Gasteiger partial charge in [0.2, 0.25) is 0 Å². The van der Waals surface area contributed by atoms with Crippen molar-refractivity contribution in [3.05, 3.63) is 84.9 Å². The van der Waals surface area contributed by atoms with E-state index in [0.717, 1.165) is 48.5 Å². The van der Waals surface area contributed by atoms with E-state index in [4.69, 9.17) is 5.73 Å². The van der Waals surface area contributed by atoms with Gasteiger partial charge in [-0.25, -0.2) is 0 Å². The van der Waals surface area contributed by atoms with Gasteiger partial charge in [0.1, 0.15) is 58.7 Å². The molecule has 0 fully saturated rings. The first-order chi connectivity index (χ1) is 32.2. The number of benzene rings is 7. The number of phenols is 3. The van der Waals surface area contributed by atoms with Crippen LogP contribution in [0, 0.1) is 0 Å². The van der Waals surface area contributed by atoms with Crippen LogP contribution in [0.3, 0.4) is 0 Å². The molecule has 0 saturated carbocycles. The van der Waals surface area contributed by atoms with Crippen LogP contribution in [0.25, 0.3) is 32.3 Å². The Morgan fingerprint density at radius 2 is 0.900 bits per heavy atom. The van der Waals surface area contributed by atoms with Crippen LogP contribution in [0.15, 0.2) is 145 Å². The van der Waals surface area contributed by atoms with Crippen LogP contribution in [0.1, 0.15) is 0 Å². The van der Waals surface area contributed by atoms with Gasteiger partial charge in [-0.2, -0.15) is 55.6 Å². The van der Waals surface area contributed by atoms with E-state index in [9.17, 15) is 93.1 Å². The van der Waals surface area contributed by atoms with Crippen molar-refractivity contribution in [1.29, 1.82) is 0 Å². The molecule has 0 unspecified atom stereocenters. The highest BCUT2D eigenvalue weighted by molar-refractivity contribution is 7.87. The first-order valence-corrected chi connectivity index (χ1v) is 26.7. The summed E-state index contributed by atoms with van der Waals surface area (Å²) in [7, 11) is -31.8. The summed E-state index contributed by atoms with van der Waals surface area (Å²) in [5.74, 6) is -3.18. The Balaban J connectivity index is 1.40. The predicted octanol–water partition coefficient (Wildman–Crippen LogP) is 6.57. The smallest absolute Gasteiger partial charge is 0.297 e. The summed E-state index contributed by atoms with van der Waals surface area (Å²) in [4.78, 5) is -6.76. The Morgan fingerprint density at radius 3 is 1.47 bits per heavy atom. The van der Waals surface area contributed by atoms with Crippen LogP contribution in [0.2, 0.25) is 0 Å². The van der Waals surface area contributed by atoms with Gasteiger partial charge in [0.05, 0.1) is 21.7 Å². The van der Waals surface area contributed by atoms with Gasteiger partial charge in [-0.15, -0.1) is 25.6 Å². The minimum atomic E-state index is -5.51. The molecule has 0 radical (unpaired) electrons. The highest BCUT2D eigenvalue weighted by Gasteiger charge is 2.30. The molecule has 7 aromatic rings. The molecule has 0 aliphatic rings. The second-order valence-corrected chi connectivity index (χ2v) is 22.5. The van der Waals surface area contributed by atoms with Crippen molar-refractivity contribution in [2.45, 2.75) is 29.4 Å². The summed E-state index contributed by atoms with van der Waals surface area (Å²) in [6.45, 7) is 0. The lowest BCUT2D eigenvalue weighted by Crippen LogP contribution is -2.04. The summed E-state index contributed by atoms with van der Waals surface area (Å²) in [5.41, 5.74) is 0.295. The van der Waals surface area contributed by atoms with Crippen molar-refractivity contribution in [1.82, 2.24) is 0 Å². The average molecular weight is 1080 g/mol. The fourth-order valence-electron chi connectivity index (χ4n) is 6.72. The maximum Gasteiger partial charge on any atom is 0.297 e. The van der Waals surface area contributed by atoms with E-state index < -0.39 is 163 Å². The molecule has 28 nitrogen and oxygen atoms in total. The molecule has 0 saturated heterocycles. The van der Waals surface area contributed by atoms with Gasteiger partial charge in [-0.05, 0) is 77.5 Å². The fourth-order valence-corrected chi connectivity index (χ4v) is 10.7. The summed E-state index contributed by atoms with van der Waals surface area (Å²) in [5, 5.41) is 51.8. The van der Waals surface area contributed by atoms with Crippen molar-refractivity contribution in [2.75, 3.05) is 5.73 Å². The molecule has 0 amide bonds. The standard InChI is InChI=1S/C36H25N7O21S6/c37-30-29-16(11-26(67(53,54)55)31(30)41-40-23-8-7-20-21(36(23)70(62,63)64)13-18(14-24(20)44)65(47,48)49)12-28(69(59,60)61)33(35(29)46)42-38-17-5-6-19-15(9-17)10-27(68(56,57)58)32(34(19)45)43-39-22-3-1-2-4-25(22)66(50,51)52/h1-14,44-46H,37H2,(H,47,48,49)(H,50,51,52)(H,53,54,55)(H,56,57,58)(H,59,60,61)(H,62,63,64). The number of nitrogen functional groups attached to an aromatic ring is 1. The van der Waals surface area contributed by atoms with Gasteiger partial charge in [0.25, 0.3) is 60.7 Å². The predicted molar refractivity (Wildman–Crippen MR) is 239 cm³/mol. The largest absolute Gasteiger partial charge is 0.507 e. The van der Waals surface area contributed by atoms with E-state index in [1.165, 1.54) is 12.1 Å². The van der Waals surface area contributed by atoms with Crippen LogP contribution in [-0.4, -0.2) is 93.1 Å². The lowest BCUT2D eigenvalue weighted by molar-refractivity contribution is 0.470. The van der Waals surface area contributed by atoms with Gasteiger partial charge in [0, 0.05) is 22.2 Å². The van der Waals surface area contributed by atoms with Crippen LogP contribution in [-0.2, 0) is 60.7 Å². The lowest BCUT2D eigenvalue weighted by Gasteiger charge is -2.14. The van der Waals surface area contributed by atoms with E-state index in [1.807, 2.05) is 0 Å². The quantitative estimate of drug-likeness (QED) is 0.0351. The third-order valence-electron chi connectivity index (χ3n) is 9.68. The Bertz CT molecular complexity index is 4280. The number of anilines is 1. The molecule has 0 atom stereocenters. The van der Waals surface area contributed by atoms with E-state index in [0.29, 0.717) is 24.3 Å². The molecule has 70 heavy (non-hydrogen) atoms. The number of nitrogens with two attached hydrogens (primary N) is 1. The zero-order valence-electron chi connectivity index (χ0n) is 33.7. The molecular formula is C36H25N7O21S6. The van der Waals surface area contributed by atoms with Gasteiger partial charge < -0.3 is 21.1 Å². The number of fused-ring (bicyclic) bond motifs is 3. The number of nitrogens with zero attached hydrogens (tertiary/aromatic N) is 6. The number of aromatic hydroxyl groups is 3. The van der Waals surface area contributed by atoms with Crippen molar-refractivity contribution in [3.8, 4) is 17.2 Å². The van der Waals surface area contributed by atoms with Gasteiger partial charge >= 0.3 is 0 Å². The number of hydrogen-bond donors (Lipinski definition) is 10. The number of phenolic OH excluding ortho intramolecular Hbond substituents is 3. The number of hydrogen-bond acceptors (Lipinski definition) is 22. The minimum absolute atomic E-state index is 0.229. The monoisotopic (exact) mass is 1080 g/mol. The van der Waals surface area contributed by atoms with E-state index >= 15 is 0 Å². The highest BCUT2D eigenvalue weighted by Crippen LogP contribution is 2.49. The fraction of sp³-hybridized carbons (Fsp3) is 0. The second-order valence-electron chi connectivity index (χ2n) is 14.2. The number of azo groups is 3. The lowest BCUT2D eigenvalue weighted by atomic mass is 10.0. The summed E-state index contributed by atoms with van der Waals surface area (Å²) < 4.78 is 208. The van der Waals surface area contributed by atoms with Crippen molar-refractivity contribution >= 4 is 133 Å². The van der Waals surface area contributed by atoms with Gasteiger partial charge in [0.15, 0.2) is 11.5 Å². The molecule has 34 heteroatoms. The minimum Gasteiger partial charge on any atom is -0.507 e. The normalized spacial score (nSPS) is 13.5. The molecule has 0 spiro atoms. The molecule has 0 aliphatic heterocycles. The summed E-state index contributed by atoms with van der Waals surface area (Å²) in [6.07, 6.45) is 0. The van der Waals surface area contributed by atoms with Crippen LogP contribution in [0.5, 0.6) is 17.2 Å². The molecule has 11 N–H and O–H groups in total. The summed E-state index contributed by atoms with van der Waals surface area (Å²) in [6, 6.07) is 12.1.